The smallest absolute Gasteiger partial charge is 0.123 e. The van der Waals surface area contributed by atoms with Crippen molar-refractivity contribution in [1.82, 2.24) is 19.7 Å². The van der Waals surface area contributed by atoms with Crippen LogP contribution in [0.25, 0.3) is 22.3 Å². The van der Waals surface area contributed by atoms with Gasteiger partial charge in [0.25, 0.3) is 0 Å². The van der Waals surface area contributed by atoms with Crippen molar-refractivity contribution >= 4 is 17.3 Å². The highest BCUT2D eigenvalue weighted by Gasteiger charge is 2.30. The van der Waals surface area contributed by atoms with Crippen LogP contribution in [0.15, 0.2) is 36.8 Å². The van der Waals surface area contributed by atoms with Crippen LogP contribution in [0.4, 0.5) is 0 Å². The summed E-state index contributed by atoms with van der Waals surface area (Å²) in [5, 5.41) is 4.46. The number of aldehydes is 1. The van der Waals surface area contributed by atoms with Gasteiger partial charge >= 0.3 is 0 Å². The number of ether oxygens (including phenoxy) is 1. The molecule has 0 atom stereocenters. The van der Waals surface area contributed by atoms with Crippen LogP contribution in [0, 0.1) is 5.92 Å². The number of hydrogen-bond donors (Lipinski definition) is 0. The topological polar surface area (TPSA) is 69.9 Å². The fraction of sp³-hybridized carbons (Fsp3) is 0.429. The number of carbonyl (C=O) groups excluding carboxylic acids is 1. The number of rotatable bonds is 4. The molecule has 0 unspecified atom stereocenters. The Morgan fingerprint density at radius 3 is 2.78 bits per heavy atom. The molecule has 2 fully saturated rings. The van der Waals surface area contributed by atoms with E-state index in [-0.39, 0.29) is 5.92 Å². The van der Waals surface area contributed by atoms with Gasteiger partial charge in [-0.1, -0.05) is 6.07 Å². The zero-order chi connectivity index (χ0) is 18.2. The van der Waals surface area contributed by atoms with Crippen molar-refractivity contribution in [3.63, 3.8) is 0 Å². The van der Waals surface area contributed by atoms with Crippen molar-refractivity contribution in [2.75, 3.05) is 13.2 Å². The molecule has 6 nitrogen and oxygen atoms in total. The van der Waals surface area contributed by atoms with Crippen molar-refractivity contribution in [3.05, 3.63) is 42.4 Å². The van der Waals surface area contributed by atoms with E-state index in [1.54, 1.807) is 0 Å². The van der Waals surface area contributed by atoms with Crippen LogP contribution in [-0.4, -0.2) is 39.2 Å². The lowest BCUT2D eigenvalue weighted by Crippen LogP contribution is -2.27. The van der Waals surface area contributed by atoms with Crippen LogP contribution >= 0.6 is 0 Å². The molecule has 1 aromatic carbocycles. The number of aromatic nitrogens is 4. The first-order valence-corrected chi connectivity index (χ1v) is 9.64. The third-order valence-corrected chi connectivity index (χ3v) is 5.87. The minimum absolute atomic E-state index is 0.188. The van der Waals surface area contributed by atoms with E-state index in [9.17, 15) is 4.79 Å². The molecule has 0 spiro atoms. The van der Waals surface area contributed by atoms with E-state index < -0.39 is 0 Å². The lowest BCUT2D eigenvalue weighted by molar-refractivity contribution is -0.114. The summed E-state index contributed by atoms with van der Waals surface area (Å²) >= 11 is 0. The van der Waals surface area contributed by atoms with Gasteiger partial charge in [-0.25, -0.2) is 4.98 Å². The molecular weight excluding hydrogens is 340 g/mol. The molecule has 138 valence electrons. The number of fused-ring (bicyclic) bond motifs is 1. The highest BCUT2D eigenvalue weighted by Crippen LogP contribution is 2.36. The van der Waals surface area contributed by atoms with Gasteiger partial charge in [0.15, 0.2) is 0 Å². The van der Waals surface area contributed by atoms with E-state index in [4.69, 9.17) is 9.72 Å². The summed E-state index contributed by atoms with van der Waals surface area (Å²) < 4.78 is 7.42. The van der Waals surface area contributed by atoms with Crippen LogP contribution in [0.1, 0.15) is 43.2 Å². The average Bonchev–Trinajstić information content (AvgIpc) is 3.17. The van der Waals surface area contributed by atoms with Crippen molar-refractivity contribution in [3.8, 4) is 11.3 Å². The Morgan fingerprint density at radius 1 is 1.11 bits per heavy atom. The number of nitrogens with zero attached hydrogens (tertiary/aromatic N) is 4. The van der Waals surface area contributed by atoms with Crippen molar-refractivity contribution in [2.45, 2.75) is 37.6 Å². The molecule has 0 bridgehead atoms. The third kappa shape index (κ3) is 3.14. The normalized spacial score (nSPS) is 23.3. The van der Waals surface area contributed by atoms with Gasteiger partial charge < -0.3 is 9.53 Å². The Kier molecular flexibility index (Phi) is 4.20. The van der Waals surface area contributed by atoms with Crippen LogP contribution < -0.4 is 0 Å². The second kappa shape index (κ2) is 6.85. The minimum atomic E-state index is 0.188. The largest absolute Gasteiger partial charge is 0.381 e. The van der Waals surface area contributed by atoms with E-state index in [1.165, 1.54) is 5.56 Å². The molecular formula is C21H22N4O2. The van der Waals surface area contributed by atoms with Gasteiger partial charge in [0.2, 0.25) is 0 Å². The Labute approximate surface area is 157 Å². The predicted molar refractivity (Wildman–Crippen MR) is 101 cm³/mol. The van der Waals surface area contributed by atoms with Crippen molar-refractivity contribution < 1.29 is 9.53 Å². The van der Waals surface area contributed by atoms with Gasteiger partial charge in [0.1, 0.15) is 6.29 Å². The molecule has 27 heavy (non-hydrogen) atoms. The highest BCUT2D eigenvalue weighted by atomic mass is 16.5. The summed E-state index contributed by atoms with van der Waals surface area (Å²) in [4.78, 5) is 20.2. The van der Waals surface area contributed by atoms with Gasteiger partial charge in [-0.2, -0.15) is 5.10 Å². The maximum Gasteiger partial charge on any atom is 0.123 e. The van der Waals surface area contributed by atoms with E-state index in [2.05, 4.69) is 28.3 Å². The molecule has 3 aromatic rings. The maximum atomic E-state index is 10.8. The van der Waals surface area contributed by atoms with E-state index in [1.807, 2.05) is 23.3 Å². The molecule has 1 aliphatic heterocycles. The predicted octanol–water partition coefficient (Wildman–Crippen LogP) is 3.54. The third-order valence-electron chi connectivity index (χ3n) is 5.87. The Morgan fingerprint density at radius 2 is 1.96 bits per heavy atom. The first-order valence-electron chi connectivity index (χ1n) is 9.64. The molecule has 5 rings (SSSR count). The summed E-state index contributed by atoms with van der Waals surface area (Å²) in [6.45, 7) is 1.68. The fourth-order valence-corrected chi connectivity index (χ4v) is 4.08. The summed E-state index contributed by atoms with van der Waals surface area (Å²) in [6, 6.07) is 6.74. The summed E-state index contributed by atoms with van der Waals surface area (Å²) in [5.41, 5.74) is 4.96. The second-order valence-electron chi connectivity index (χ2n) is 7.62. The van der Waals surface area contributed by atoms with Gasteiger partial charge in [-0.15, -0.1) is 0 Å². The summed E-state index contributed by atoms with van der Waals surface area (Å²) in [5.74, 6) is 0.744. The zero-order valence-corrected chi connectivity index (χ0v) is 15.1. The van der Waals surface area contributed by atoms with E-state index in [0.29, 0.717) is 12.0 Å². The molecule has 6 heteroatoms. The summed E-state index contributed by atoms with van der Waals surface area (Å²) in [7, 11) is 0. The van der Waals surface area contributed by atoms with Crippen LogP contribution in [0.5, 0.6) is 0 Å². The lowest BCUT2D eigenvalue weighted by Gasteiger charge is -2.31. The number of benzene rings is 1. The SMILES string of the molecule is O=CC1CC(n2cc(-c3cnc4cc(C5CCOCC5)ccc4n3)cn2)C1. The molecule has 1 saturated carbocycles. The lowest BCUT2D eigenvalue weighted by atomic mass is 9.81. The molecule has 1 aliphatic carbocycles. The fourth-order valence-electron chi connectivity index (χ4n) is 4.08. The first-order chi connectivity index (χ1) is 13.3. The molecule has 0 radical (unpaired) electrons. The Hall–Kier alpha value is -2.60. The molecule has 0 amide bonds. The monoisotopic (exact) mass is 362 g/mol. The minimum Gasteiger partial charge on any atom is -0.381 e. The number of hydrogen-bond acceptors (Lipinski definition) is 5. The van der Waals surface area contributed by atoms with Crippen LogP contribution in [-0.2, 0) is 9.53 Å². The van der Waals surface area contributed by atoms with Crippen LogP contribution in [0.3, 0.4) is 0 Å². The van der Waals surface area contributed by atoms with Gasteiger partial charge in [-0.3, -0.25) is 9.67 Å². The zero-order valence-electron chi connectivity index (χ0n) is 15.1. The van der Waals surface area contributed by atoms with Crippen molar-refractivity contribution in [2.24, 2.45) is 5.92 Å². The van der Waals surface area contributed by atoms with Crippen LogP contribution in [0.2, 0.25) is 0 Å². The molecule has 3 heterocycles. The first kappa shape index (κ1) is 16.6. The highest BCUT2D eigenvalue weighted by molar-refractivity contribution is 5.77. The molecule has 2 aromatic heterocycles. The van der Waals surface area contributed by atoms with Crippen molar-refractivity contribution in [1.29, 1.82) is 0 Å². The average molecular weight is 362 g/mol. The quantitative estimate of drug-likeness (QED) is 0.664. The summed E-state index contributed by atoms with van der Waals surface area (Å²) in [6.07, 6.45) is 10.6. The Bertz CT molecular complexity index is 971. The molecule has 0 N–H and O–H groups in total. The number of carbonyl (C=O) groups is 1. The Balaban J connectivity index is 1.38. The van der Waals surface area contributed by atoms with Gasteiger partial charge in [0.05, 0.1) is 35.2 Å². The standard InChI is InChI=1S/C21H22N4O2/c26-13-14-7-18(8-14)25-12-17(10-23-25)21-11-22-20-9-16(1-2-19(20)24-21)15-3-5-27-6-4-15/h1-2,9-15,18H,3-8H2. The van der Waals surface area contributed by atoms with E-state index >= 15 is 0 Å². The maximum absolute atomic E-state index is 10.8. The molecule has 1 saturated heterocycles. The second-order valence-corrected chi connectivity index (χ2v) is 7.62. The molecule has 2 aliphatic rings. The van der Waals surface area contributed by atoms with Gasteiger partial charge in [0, 0.05) is 30.9 Å². The van der Waals surface area contributed by atoms with E-state index in [0.717, 1.165) is 67.5 Å². The van der Waals surface area contributed by atoms with Gasteiger partial charge in [-0.05, 0) is 49.3 Å².